The van der Waals surface area contributed by atoms with Crippen LogP contribution in [0.5, 0.6) is 11.5 Å². The van der Waals surface area contributed by atoms with Crippen molar-refractivity contribution in [3.63, 3.8) is 0 Å². The van der Waals surface area contributed by atoms with Crippen molar-refractivity contribution in [3.8, 4) is 11.5 Å². The summed E-state index contributed by atoms with van der Waals surface area (Å²) < 4.78 is 10.9. The van der Waals surface area contributed by atoms with Crippen LogP contribution in [0.15, 0.2) is 18.2 Å². The maximum absolute atomic E-state index is 12.6. The SMILES string of the molecule is BC1Oc2ccc(C(=O)C(B)(C)NC(B)(B)O)cc2O1. The molecule has 0 aliphatic carbocycles. The predicted molar refractivity (Wildman–Crippen MR) is 86.5 cm³/mol. The lowest BCUT2D eigenvalue weighted by atomic mass is 9.66. The van der Waals surface area contributed by atoms with Crippen molar-refractivity contribution in [3.05, 3.63) is 23.8 Å². The van der Waals surface area contributed by atoms with Crippen molar-refractivity contribution in [1.29, 1.82) is 0 Å². The molecule has 0 saturated carbocycles. The van der Waals surface area contributed by atoms with E-state index in [0.717, 1.165) is 0 Å². The number of rotatable bonds is 4. The van der Waals surface area contributed by atoms with Gasteiger partial charge in [0.15, 0.2) is 23.5 Å². The molecule has 0 aromatic heterocycles. The molecule has 20 heavy (non-hydrogen) atoms. The first-order valence-corrected chi connectivity index (χ1v) is 6.62. The van der Waals surface area contributed by atoms with Gasteiger partial charge in [-0.3, -0.25) is 10.1 Å². The van der Waals surface area contributed by atoms with Gasteiger partial charge in [-0.25, -0.2) is 0 Å². The lowest BCUT2D eigenvalue weighted by Crippen LogP contribution is -2.61. The van der Waals surface area contributed by atoms with Crippen LogP contribution in [0.25, 0.3) is 0 Å². The van der Waals surface area contributed by atoms with Crippen molar-refractivity contribution in [2.75, 3.05) is 0 Å². The van der Waals surface area contributed by atoms with Gasteiger partial charge in [0.05, 0.1) is 0 Å². The van der Waals surface area contributed by atoms with Gasteiger partial charge < -0.3 is 14.6 Å². The summed E-state index contributed by atoms with van der Waals surface area (Å²) >= 11 is 0. The van der Waals surface area contributed by atoms with E-state index < -0.39 is 11.0 Å². The molecule has 1 aliphatic heterocycles. The number of Topliss-reactive ketones (excluding diaryl/α,β-unsaturated/α-hetero) is 1. The molecule has 102 valence electrons. The van der Waals surface area contributed by atoms with Crippen molar-refractivity contribution < 1.29 is 19.4 Å². The number of carbonyl (C=O) groups excluding carboxylic acids is 1. The zero-order chi connectivity index (χ0) is 15.1. The number of ether oxygens (including phenoxy) is 2. The Morgan fingerprint density at radius 3 is 2.50 bits per heavy atom. The van der Waals surface area contributed by atoms with Crippen LogP contribution >= 0.6 is 0 Å². The van der Waals surface area contributed by atoms with Gasteiger partial charge in [0, 0.05) is 16.5 Å². The van der Waals surface area contributed by atoms with E-state index in [1.54, 1.807) is 56.5 Å². The molecule has 0 radical (unpaired) electrons. The highest BCUT2D eigenvalue weighted by molar-refractivity contribution is 6.40. The standard InChI is InChI=1S/C11H17B4NO4/c1-10(13,16-11(14,15)18)8(17)5-2-3-6-7(4-5)20-9(12)19-6/h2-4,9,16,18H,12-15H2,1H3. The number of aliphatic hydroxyl groups is 1. The van der Waals surface area contributed by atoms with E-state index in [9.17, 15) is 9.90 Å². The summed E-state index contributed by atoms with van der Waals surface area (Å²) in [6.07, 6.45) is -0.335. The third-order valence-corrected chi connectivity index (χ3v) is 2.98. The number of hydrogen-bond acceptors (Lipinski definition) is 5. The second-order valence-corrected chi connectivity index (χ2v) is 6.10. The van der Waals surface area contributed by atoms with E-state index in [1.807, 2.05) is 0 Å². The smallest absolute Gasteiger partial charge is 0.207 e. The minimum absolute atomic E-state index is 0.120. The summed E-state index contributed by atoms with van der Waals surface area (Å²) in [6.45, 7) is 1.74. The highest BCUT2D eigenvalue weighted by Gasteiger charge is 2.33. The van der Waals surface area contributed by atoms with Gasteiger partial charge in [0.1, 0.15) is 23.5 Å². The molecule has 0 bridgehead atoms. The Morgan fingerprint density at radius 2 is 1.90 bits per heavy atom. The topological polar surface area (TPSA) is 67.8 Å². The average molecular weight is 271 g/mol. The van der Waals surface area contributed by atoms with E-state index >= 15 is 0 Å². The van der Waals surface area contributed by atoms with Crippen LogP contribution in [0.3, 0.4) is 0 Å². The third kappa shape index (κ3) is 3.22. The van der Waals surface area contributed by atoms with Gasteiger partial charge in [0.2, 0.25) is 7.85 Å². The van der Waals surface area contributed by atoms with Crippen LogP contribution in [-0.2, 0) is 0 Å². The van der Waals surface area contributed by atoms with E-state index in [1.165, 1.54) is 0 Å². The number of carbonyl (C=O) groups is 1. The van der Waals surface area contributed by atoms with E-state index in [4.69, 9.17) is 9.47 Å². The molecule has 2 rings (SSSR count). The first-order valence-electron chi connectivity index (χ1n) is 6.62. The van der Waals surface area contributed by atoms with Crippen LogP contribution in [-0.4, -0.2) is 59.4 Å². The number of benzene rings is 1. The molecule has 9 heteroatoms. The second kappa shape index (κ2) is 4.90. The van der Waals surface area contributed by atoms with Gasteiger partial charge in [-0.2, -0.15) is 0 Å². The minimum Gasteiger partial charge on any atom is -0.460 e. The molecule has 0 saturated heterocycles. The highest BCUT2D eigenvalue weighted by Crippen LogP contribution is 2.35. The molecule has 2 atom stereocenters. The summed E-state index contributed by atoms with van der Waals surface area (Å²) in [4.78, 5) is 12.6. The first-order chi connectivity index (χ1) is 9.08. The Labute approximate surface area is 122 Å². The quantitative estimate of drug-likeness (QED) is 0.336. The molecule has 1 heterocycles. The van der Waals surface area contributed by atoms with Crippen molar-refractivity contribution >= 4 is 37.2 Å². The largest absolute Gasteiger partial charge is 0.460 e. The molecule has 2 unspecified atom stereocenters. The highest BCUT2D eigenvalue weighted by atomic mass is 16.7. The molecular formula is C11H17B4NO4. The van der Waals surface area contributed by atoms with Gasteiger partial charge in [-0.05, 0) is 25.1 Å². The Kier molecular flexibility index (Phi) is 3.69. The van der Waals surface area contributed by atoms with Gasteiger partial charge in [0.25, 0.3) is 0 Å². The van der Waals surface area contributed by atoms with Gasteiger partial charge >= 0.3 is 0 Å². The monoisotopic (exact) mass is 271 g/mol. The Morgan fingerprint density at radius 1 is 1.30 bits per heavy atom. The zero-order valence-electron chi connectivity index (χ0n) is 12.5. The number of hydrogen-bond donors (Lipinski definition) is 2. The van der Waals surface area contributed by atoms with Crippen LogP contribution < -0.4 is 14.8 Å². The van der Waals surface area contributed by atoms with E-state index in [2.05, 4.69) is 5.32 Å². The Balaban J connectivity index is 2.24. The fourth-order valence-corrected chi connectivity index (χ4v) is 2.40. The van der Waals surface area contributed by atoms with Crippen molar-refractivity contribution in [2.24, 2.45) is 0 Å². The predicted octanol–water partition coefficient (Wildman–Crippen LogP) is -3.63. The molecule has 0 fully saturated rings. The van der Waals surface area contributed by atoms with E-state index in [-0.39, 0.29) is 12.0 Å². The molecule has 1 aliphatic rings. The molecular weight excluding hydrogens is 253 g/mol. The second-order valence-electron chi connectivity index (χ2n) is 6.10. The summed E-state index contributed by atoms with van der Waals surface area (Å²) in [7, 11) is 6.73. The first kappa shape index (κ1) is 15.1. The van der Waals surface area contributed by atoms with Gasteiger partial charge in [-0.15, -0.1) is 0 Å². The maximum Gasteiger partial charge on any atom is 0.207 e. The lowest BCUT2D eigenvalue weighted by molar-refractivity contribution is 0.0848. The zero-order valence-corrected chi connectivity index (χ0v) is 12.5. The molecule has 0 spiro atoms. The van der Waals surface area contributed by atoms with Crippen LogP contribution in [0.1, 0.15) is 17.3 Å². The fourth-order valence-electron chi connectivity index (χ4n) is 2.40. The number of ketones is 1. The van der Waals surface area contributed by atoms with Crippen LogP contribution in [0.2, 0.25) is 0 Å². The third-order valence-electron chi connectivity index (χ3n) is 2.98. The minimum atomic E-state index is -1.13. The summed E-state index contributed by atoms with van der Waals surface area (Å²) in [6, 6.07) is 5.11. The molecule has 0 amide bonds. The summed E-state index contributed by atoms with van der Waals surface area (Å²) in [5.41, 5.74) is -1.51. The Hall–Kier alpha value is -1.33. The van der Waals surface area contributed by atoms with Gasteiger partial charge in [-0.1, -0.05) is 0 Å². The lowest BCUT2D eigenvalue weighted by Gasteiger charge is -2.33. The molecule has 1 aromatic carbocycles. The molecule has 2 N–H and O–H groups in total. The normalized spacial score (nSPS) is 20.4. The molecule has 1 aromatic rings. The maximum atomic E-state index is 12.6. The van der Waals surface area contributed by atoms with Crippen molar-refractivity contribution in [1.82, 2.24) is 5.32 Å². The Bertz CT molecular complexity index is 544. The number of nitrogens with one attached hydrogen (secondary N) is 1. The average Bonchev–Trinajstić information content (AvgIpc) is 2.63. The van der Waals surface area contributed by atoms with Crippen LogP contribution in [0, 0.1) is 0 Å². The fraction of sp³-hybridized carbons (Fsp3) is 0.364. The molecule has 5 nitrogen and oxygen atoms in total. The summed E-state index contributed by atoms with van der Waals surface area (Å²) in [5.74, 6) is 1.09. The van der Waals surface area contributed by atoms with Crippen molar-refractivity contribution in [2.45, 2.75) is 24.1 Å². The summed E-state index contributed by atoms with van der Waals surface area (Å²) in [5, 5.41) is 12.7. The number of fused-ring (bicyclic) bond motifs is 1. The van der Waals surface area contributed by atoms with E-state index in [0.29, 0.717) is 17.1 Å². The van der Waals surface area contributed by atoms with Crippen LogP contribution in [0.4, 0.5) is 0 Å².